The van der Waals surface area contributed by atoms with Gasteiger partial charge in [-0.3, -0.25) is 4.79 Å². The Morgan fingerprint density at radius 2 is 2.28 bits per heavy atom. The summed E-state index contributed by atoms with van der Waals surface area (Å²) in [6, 6.07) is 4.64. The van der Waals surface area contributed by atoms with E-state index >= 15 is 0 Å². The van der Waals surface area contributed by atoms with Crippen molar-refractivity contribution in [3.8, 4) is 0 Å². The zero-order valence-corrected chi connectivity index (χ0v) is 9.57. The van der Waals surface area contributed by atoms with Crippen LogP contribution in [-0.4, -0.2) is 41.4 Å². The first-order chi connectivity index (χ1) is 8.65. The Morgan fingerprint density at radius 1 is 1.56 bits per heavy atom. The van der Waals surface area contributed by atoms with Crippen LogP contribution in [0.2, 0.25) is 0 Å². The molecule has 0 radical (unpaired) electrons. The van der Waals surface area contributed by atoms with Gasteiger partial charge >= 0.3 is 0 Å². The van der Waals surface area contributed by atoms with Crippen LogP contribution in [0.15, 0.2) is 23.4 Å². The molecule has 96 valence electrons. The van der Waals surface area contributed by atoms with Gasteiger partial charge in [-0.2, -0.15) is 0 Å². The van der Waals surface area contributed by atoms with Gasteiger partial charge in [-0.1, -0.05) is 6.07 Å². The SMILES string of the molecule is O=Nc1ccc(CC2CO2)cc1C(=O)C(O)CO. The van der Waals surface area contributed by atoms with Crippen LogP contribution in [0.3, 0.4) is 0 Å². The number of ether oxygens (including phenoxy) is 1. The molecule has 1 fully saturated rings. The Bertz CT molecular complexity index is 470. The number of ketones is 1. The van der Waals surface area contributed by atoms with Crippen LogP contribution in [0.25, 0.3) is 0 Å². The molecule has 2 atom stereocenters. The second-order valence-electron chi connectivity index (χ2n) is 4.16. The molecule has 1 saturated heterocycles. The van der Waals surface area contributed by atoms with E-state index < -0.39 is 18.5 Å². The van der Waals surface area contributed by atoms with Crippen LogP contribution in [0, 0.1) is 4.91 Å². The smallest absolute Gasteiger partial charge is 0.195 e. The molecule has 18 heavy (non-hydrogen) atoms. The molecule has 1 aromatic carbocycles. The number of aliphatic hydroxyl groups excluding tert-OH is 2. The highest BCUT2D eigenvalue weighted by atomic mass is 16.6. The van der Waals surface area contributed by atoms with Crippen molar-refractivity contribution in [2.24, 2.45) is 5.18 Å². The van der Waals surface area contributed by atoms with Crippen molar-refractivity contribution in [1.82, 2.24) is 0 Å². The monoisotopic (exact) mass is 251 g/mol. The van der Waals surface area contributed by atoms with Gasteiger partial charge in [0.25, 0.3) is 0 Å². The fourth-order valence-electron chi connectivity index (χ4n) is 1.70. The second-order valence-corrected chi connectivity index (χ2v) is 4.16. The van der Waals surface area contributed by atoms with Crippen molar-refractivity contribution in [2.45, 2.75) is 18.6 Å². The summed E-state index contributed by atoms with van der Waals surface area (Å²) in [6.45, 7) is 0.00329. The predicted octanol–water partition coefficient (Wildman–Crippen LogP) is 0.562. The molecule has 0 spiro atoms. The van der Waals surface area contributed by atoms with Crippen molar-refractivity contribution >= 4 is 11.5 Å². The maximum Gasteiger partial charge on any atom is 0.195 e. The maximum atomic E-state index is 11.8. The second kappa shape index (κ2) is 5.34. The average Bonchev–Trinajstić information content (AvgIpc) is 3.20. The van der Waals surface area contributed by atoms with E-state index in [4.69, 9.17) is 9.84 Å². The summed E-state index contributed by atoms with van der Waals surface area (Å²) in [5.41, 5.74) is 0.830. The first kappa shape index (κ1) is 12.8. The topological polar surface area (TPSA) is 99.5 Å². The summed E-state index contributed by atoms with van der Waals surface area (Å²) in [5.74, 6) is -0.703. The molecule has 0 saturated carbocycles. The summed E-state index contributed by atoms with van der Waals surface area (Å²) in [5, 5.41) is 20.8. The molecule has 0 aliphatic carbocycles. The van der Waals surface area contributed by atoms with Gasteiger partial charge in [-0.25, -0.2) is 0 Å². The van der Waals surface area contributed by atoms with Crippen LogP contribution in [0.1, 0.15) is 15.9 Å². The Hall–Kier alpha value is -1.63. The molecule has 1 aromatic rings. The van der Waals surface area contributed by atoms with Gasteiger partial charge in [0.1, 0.15) is 11.8 Å². The molecular formula is C12H13NO5. The molecule has 6 nitrogen and oxygen atoms in total. The summed E-state index contributed by atoms with van der Waals surface area (Å²) in [6.07, 6.45) is -0.724. The van der Waals surface area contributed by atoms with E-state index in [9.17, 15) is 14.8 Å². The zero-order valence-electron chi connectivity index (χ0n) is 9.57. The quantitative estimate of drug-likeness (QED) is 0.437. The minimum atomic E-state index is -1.53. The minimum absolute atomic E-state index is 0.0321. The van der Waals surface area contributed by atoms with Crippen LogP contribution >= 0.6 is 0 Å². The number of rotatable bonds is 6. The third kappa shape index (κ3) is 2.79. The highest BCUT2D eigenvalue weighted by Gasteiger charge is 2.25. The molecule has 0 amide bonds. The molecule has 2 unspecified atom stereocenters. The Morgan fingerprint density at radius 3 is 2.83 bits per heavy atom. The zero-order chi connectivity index (χ0) is 13.1. The molecule has 1 heterocycles. The molecule has 2 rings (SSSR count). The number of hydrogen-bond donors (Lipinski definition) is 2. The third-order valence-electron chi connectivity index (χ3n) is 2.77. The largest absolute Gasteiger partial charge is 0.393 e. The molecule has 0 aromatic heterocycles. The van der Waals surface area contributed by atoms with E-state index in [-0.39, 0.29) is 17.4 Å². The number of epoxide rings is 1. The number of benzene rings is 1. The summed E-state index contributed by atoms with van der Waals surface area (Å²) < 4.78 is 5.08. The summed E-state index contributed by atoms with van der Waals surface area (Å²) in [7, 11) is 0. The van der Waals surface area contributed by atoms with Crippen LogP contribution in [-0.2, 0) is 11.2 Å². The highest BCUT2D eigenvalue weighted by Crippen LogP contribution is 2.24. The average molecular weight is 251 g/mol. The molecule has 0 bridgehead atoms. The van der Waals surface area contributed by atoms with Gasteiger partial charge in [0.2, 0.25) is 0 Å². The van der Waals surface area contributed by atoms with E-state index in [1.165, 1.54) is 12.1 Å². The first-order valence-electron chi connectivity index (χ1n) is 5.56. The minimum Gasteiger partial charge on any atom is -0.393 e. The Balaban J connectivity index is 2.28. The number of nitrogens with zero attached hydrogens (tertiary/aromatic N) is 1. The maximum absolute atomic E-state index is 11.8. The number of Topliss-reactive ketones (excluding diaryl/α,β-unsaturated/α-hetero) is 1. The Kier molecular flexibility index (Phi) is 3.81. The van der Waals surface area contributed by atoms with Crippen molar-refractivity contribution in [3.05, 3.63) is 34.2 Å². The molecule has 6 heteroatoms. The number of aliphatic hydroxyl groups is 2. The van der Waals surface area contributed by atoms with Crippen LogP contribution < -0.4 is 0 Å². The normalized spacial score (nSPS) is 19.3. The fraction of sp³-hybridized carbons (Fsp3) is 0.417. The number of hydrogen-bond acceptors (Lipinski definition) is 6. The molecule has 1 aliphatic rings. The lowest BCUT2D eigenvalue weighted by Gasteiger charge is -2.09. The lowest BCUT2D eigenvalue weighted by atomic mass is 10.00. The van der Waals surface area contributed by atoms with Crippen molar-refractivity contribution in [1.29, 1.82) is 0 Å². The molecular weight excluding hydrogens is 238 g/mol. The van der Waals surface area contributed by atoms with E-state index in [2.05, 4.69) is 5.18 Å². The van der Waals surface area contributed by atoms with Crippen molar-refractivity contribution < 1.29 is 19.7 Å². The fourth-order valence-corrected chi connectivity index (χ4v) is 1.70. The predicted molar refractivity (Wildman–Crippen MR) is 62.8 cm³/mol. The van der Waals surface area contributed by atoms with Crippen LogP contribution in [0.5, 0.6) is 0 Å². The van der Waals surface area contributed by atoms with E-state index in [0.717, 1.165) is 5.56 Å². The van der Waals surface area contributed by atoms with E-state index in [1.807, 2.05) is 0 Å². The van der Waals surface area contributed by atoms with Crippen LogP contribution in [0.4, 0.5) is 5.69 Å². The van der Waals surface area contributed by atoms with Gasteiger partial charge in [-0.05, 0) is 22.9 Å². The van der Waals surface area contributed by atoms with Gasteiger partial charge < -0.3 is 14.9 Å². The van der Waals surface area contributed by atoms with Gasteiger partial charge in [0.05, 0.1) is 19.3 Å². The third-order valence-corrected chi connectivity index (χ3v) is 2.77. The Labute approximate surface area is 103 Å². The number of nitroso groups, excluding NO2 is 1. The standard InChI is InChI=1S/C12H13NO5/c14-5-11(15)12(16)9-4-7(3-8-6-18-8)1-2-10(9)13-17/h1-2,4,8,11,14-15H,3,5-6H2. The molecule has 1 aliphatic heterocycles. The summed E-state index contributed by atoms with van der Waals surface area (Å²) in [4.78, 5) is 22.4. The van der Waals surface area contributed by atoms with Gasteiger partial charge in [-0.15, -0.1) is 4.91 Å². The van der Waals surface area contributed by atoms with E-state index in [0.29, 0.717) is 13.0 Å². The van der Waals surface area contributed by atoms with Crippen molar-refractivity contribution in [3.63, 3.8) is 0 Å². The highest BCUT2D eigenvalue weighted by molar-refractivity contribution is 6.03. The first-order valence-corrected chi connectivity index (χ1v) is 5.56. The molecule has 2 N–H and O–H groups in total. The summed E-state index contributed by atoms with van der Waals surface area (Å²) >= 11 is 0. The number of carbonyl (C=O) groups excluding carboxylic acids is 1. The number of carbonyl (C=O) groups is 1. The van der Waals surface area contributed by atoms with Gasteiger partial charge in [0, 0.05) is 12.0 Å². The van der Waals surface area contributed by atoms with Crippen molar-refractivity contribution in [2.75, 3.05) is 13.2 Å². The lowest BCUT2D eigenvalue weighted by molar-refractivity contribution is 0.0588. The van der Waals surface area contributed by atoms with Gasteiger partial charge in [0.15, 0.2) is 5.78 Å². The lowest BCUT2D eigenvalue weighted by Crippen LogP contribution is -2.24. The van der Waals surface area contributed by atoms with E-state index in [1.54, 1.807) is 6.07 Å².